The van der Waals surface area contributed by atoms with E-state index in [0.29, 0.717) is 5.56 Å². The Kier molecular flexibility index (Phi) is 10.4. The molecular formula is C47H41IrN3O-2. The molecule has 0 saturated carbocycles. The van der Waals surface area contributed by atoms with Crippen molar-refractivity contribution in [1.29, 1.82) is 0 Å². The number of benzene rings is 5. The van der Waals surface area contributed by atoms with Gasteiger partial charge >= 0.3 is 0 Å². The number of nitrogens with zero attached hydrogens (tertiary/aromatic N) is 3. The van der Waals surface area contributed by atoms with Gasteiger partial charge in [0.05, 0.1) is 11.3 Å². The predicted molar refractivity (Wildman–Crippen MR) is 210 cm³/mol. The van der Waals surface area contributed by atoms with Gasteiger partial charge in [-0.1, -0.05) is 130 Å². The molecule has 8 aromatic rings. The Bertz CT molecular complexity index is 2460. The standard InChI is InChI=1S/C36H33N2O.C11H8N.Ir/c1-23(2)31-19-24(21-36(3,4)5)17-18-27(31)32-20-33(38-22-37-32)30-16-10-15-29-28-14-9-13-26(34(28)39-35(29)30)25-11-7-6-8-12-25;1-2-6-10(7-3-1)11-8-4-5-9-12-11;/h6-15,17-20,22-23H,21H2,1-5H3;1-6,8-9H;/q2*-1;/i21D2;;. The maximum absolute atomic E-state index is 8.80. The molecule has 0 unspecified atom stereocenters. The molecule has 3 aromatic heterocycles. The number of rotatable bonds is 6. The van der Waals surface area contributed by atoms with E-state index in [1.165, 1.54) is 0 Å². The molecule has 0 saturated heterocycles. The van der Waals surface area contributed by atoms with Crippen molar-refractivity contribution in [3.05, 3.63) is 163 Å². The Balaban J connectivity index is 0.000000324. The van der Waals surface area contributed by atoms with Crippen LogP contribution in [0.15, 0.2) is 144 Å². The maximum atomic E-state index is 8.80. The zero-order valence-electron chi connectivity index (χ0n) is 31.9. The zero-order chi connectivity index (χ0) is 37.2. The van der Waals surface area contributed by atoms with E-state index in [4.69, 9.17) is 7.16 Å². The van der Waals surface area contributed by atoms with Crippen molar-refractivity contribution in [2.24, 2.45) is 5.41 Å². The van der Waals surface area contributed by atoms with Gasteiger partial charge in [0.25, 0.3) is 0 Å². The summed E-state index contributed by atoms with van der Waals surface area (Å²) in [7, 11) is 0. The second kappa shape index (κ2) is 16.0. The molecule has 1 radical (unpaired) electrons. The fourth-order valence-electron chi connectivity index (χ4n) is 6.30. The van der Waals surface area contributed by atoms with Gasteiger partial charge in [-0.3, -0.25) is 4.98 Å². The van der Waals surface area contributed by atoms with Gasteiger partial charge in [-0.15, -0.1) is 54.1 Å². The van der Waals surface area contributed by atoms with E-state index < -0.39 is 11.8 Å². The topological polar surface area (TPSA) is 51.8 Å². The van der Waals surface area contributed by atoms with Crippen molar-refractivity contribution in [2.75, 3.05) is 0 Å². The first-order chi connectivity index (χ1) is 25.5. The average Bonchev–Trinajstić information content (AvgIpc) is 3.58. The maximum Gasteiger partial charge on any atom is 0.128 e. The Morgan fingerprint density at radius 1 is 0.673 bits per heavy atom. The molecule has 5 aromatic carbocycles. The first-order valence-electron chi connectivity index (χ1n) is 18.3. The van der Waals surface area contributed by atoms with Crippen LogP contribution in [0.25, 0.3) is 66.8 Å². The van der Waals surface area contributed by atoms with E-state index in [9.17, 15) is 0 Å². The van der Waals surface area contributed by atoms with Crippen LogP contribution in [0, 0.1) is 17.5 Å². The molecule has 0 amide bonds. The molecule has 3 heterocycles. The van der Waals surface area contributed by atoms with Crippen LogP contribution in [0.4, 0.5) is 0 Å². The quantitative estimate of drug-likeness (QED) is 0.156. The largest absolute Gasteiger partial charge is 0.500 e. The summed E-state index contributed by atoms with van der Waals surface area (Å²) in [6, 6.07) is 48.6. The zero-order valence-corrected chi connectivity index (χ0v) is 32.3. The number of aromatic nitrogens is 3. The van der Waals surface area contributed by atoms with Gasteiger partial charge in [-0.2, -0.15) is 0 Å². The van der Waals surface area contributed by atoms with Crippen molar-refractivity contribution in [3.63, 3.8) is 0 Å². The third kappa shape index (κ3) is 8.12. The third-order valence-corrected chi connectivity index (χ3v) is 8.59. The number of hydrogen-bond acceptors (Lipinski definition) is 4. The van der Waals surface area contributed by atoms with Gasteiger partial charge in [-0.05, 0) is 51.9 Å². The Labute approximate surface area is 323 Å². The number of pyridine rings is 1. The van der Waals surface area contributed by atoms with Crippen LogP contribution < -0.4 is 0 Å². The van der Waals surface area contributed by atoms with E-state index in [1.807, 2.05) is 118 Å². The fourth-order valence-corrected chi connectivity index (χ4v) is 6.30. The minimum atomic E-state index is -1.48. The molecule has 0 aliphatic rings. The number of hydrogen-bond donors (Lipinski definition) is 0. The van der Waals surface area contributed by atoms with Crippen molar-refractivity contribution >= 4 is 21.9 Å². The van der Waals surface area contributed by atoms with Crippen LogP contribution in [0.1, 0.15) is 54.4 Å². The van der Waals surface area contributed by atoms with E-state index in [0.717, 1.165) is 72.4 Å². The van der Waals surface area contributed by atoms with E-state index in [2.05, 4.69) is 71.3 Å². The van der Waals surface area contributed by atoms with Crippen LogP contribution in [-0.4, -0.2) is 15.0 Å². The third-order valence-electron chi connectivity index (χ3n) is 8.59. The smallest absolute Gasteiger partial charge is 0.128 e. The summed E-state index contributed by atoms with van der Waals surface area (Å²) in [4.78, 5) is 13.5. The van der Waals surface area contributed by atoms with Gasteiger partial charge in [-0.25, -0.2) is 4.98 Å². The molecule has 4 nitrogen and oxygen atoms in total. The van der Waals surface area contributed by atoms with Crippen LogP contribution >= 0.6 is 0 Å². The summed E-state index contributed by atoms with van der Waals surface area (Å²) in [5.41, 5.74) is 10.2. The van der Waals surface area contributed by atoms with E-state index >= 15 is 0 Å². The summed E-state index contributed by atoms with van der Waals surface area (Å²) in [5, 5.41) is 2.07. The minimum absolute atomic E-state index is 0. The predicted octanol–water partition coefficient (Wildman–Crippen LogP) is 12.4. The second-order valence-electron chi connectivity index (χ2n) is 13.9. The molecule has 261 valence electrons. The molecular weight excluding hydrogens is 815 g/mol. The minimum Gasteiger partial charge on any atom is -0.500 e. The van der Waals surface area contributed by atoms with Crippen LogP contribution in [0.2, 0.25) is 0 Å². The van der Waals surface area contributed by atoms with Gasteiger partial charge in [0, 0.05) is 45.6 Å². The molecule has 0 atom stereocenters. The van der Waals surface area contributed by atoms with Crippen molar-refractivity contribution in [3.8, 4) is 44.9 Å². The number of para-hydroxylation sites is 1. The van der Waals surface area contributed by atoms with Crippen LogP contribution in [-0.2, 0) is 26.5 Å². The summed E-state index contributed by atoms with van der Waals surface area (Å²) >= 11 is 0. The monoisotopic (exact) mass is 858 g/mol. The molecule has 8 rings (SSSR count). The second-order valence-corrected chi connectivity index (χ2v) is 13.9. The SMILES string of the molecule is [2H]C([2H])(c1ccc(-c2cc(-c3[c-]ccc4c3oc3c(-c5ccccc5)cccc34)ncn2)c(C(C)C)c1)C(C)(C)C.[Ir].[c-]1ccccc1-c1ccccn1. The average molecular weight is 858 g/mol. The summed E-state index contributed by atoms with van der Waals surface area (Å²) in [6.07, 6.45) is 1.90. The Hall–Kier alpha value is -5.22. The summed E-state index contributed by atoms with van der Waals surface area (Å²) in [5.74, 6) is 0.181. The molecule has 5 heteroatoms. The number of fused-ring (bicyclic) bond motifs is 3. The van der Waals surface area contributed by atoms with Gasteiger partial charge in [0.15, 0.2) is 0 Å². The molecule has 0 fully saturated rings. The summed E-state index contributed by atoms with van der Waals surface area (Å²) in [6.45, 7) is 10.1. The van der Waals surface area contributed by atoms with Gasteiger partial charge in [0.1, 0.15) is 11.9 Å². The normalized spacial score (nSPS) is 12.1. The van der Waals surface area contributed by atoms with E-state index in [1.54, 1.807) is 12.5 Å². The summed E-state index contributed by atoms with van der Waals surface area (Å²) < 4.78 is 24.2. The fraction of sp³-hybridized carbons (Fsp3) is 0.170. The first kappa shape index (κ1) is 33.9. The number of furan rings is 1. The molecule has 0 N–H and O–H groups in total. The van der Waals surface area contributed by atoms with Crippen molar-refractivity contribution in [2.45, 2.75) is 46.9 Å². The molecule has 0 aliphatic heterocycles. The Morgan fingerprint density at radius 2 is 1.44 bits per heavy atom. The van der Waals surface area contributed by atoms with Crippen LogP contribution in [0.5, 0.6) is 0 Å². The molecule has 52 heavy (non-hydrogen) atoms. The molecule has 0 bridgehead atoms. The van der Waals surface area contributed by atoms with Crippen molar-refractivity contribution < 1.29 is 27.3 Å². The van der Waals surface area contributed by atoms with Gasteiger partial charge in [0.2, 0.25) is 0 Å². The van der Waals surface area contributed by atoms with E-state index in [-0.39, 0.29) is 26.0 Å². The molecule has 0 aliphatic carbocycles. The Morgan fingerprint density at radius 3 is 2.17 bits per heavy atom. The first-order valence-corrected chi connectivity index (χ1v) is 17.3. The van der Waals surface area contributed by atoms with Crippen molar-refractivity contribution in [1.82, 2.24) is 15.0 Å². The van der Waals surface area contributed by atoms with Crippen LogP contribution in [0.3, 0.4) is 0 Å². The van der Waals surface area contributed by atoms with Gasteiger partial charge < -0.3 is 9.40 Å². The molecule has 0 spiro atoms.